The molecule has 0 N–H and O–H groups in total. The summed E-state index contributed by atoms with van der Waals surface area (Å²) < 4.78 is 20.9. The molecule has 3 heterocycles. The van der Waals surface area contributed by atoms with Crippen LogP contribution in [0.15, 0.2) is 30.6 Å². The molecule has 0 aliphatic carbocycles. The molecule has 3 aromatic rings. The Hall–Kier alpha value is -3.23. The number of methoxy groups -OCH3 is 1. The Kier molecular flexibility index (Phi) is 4.35. The first-order chi connectivity index (χ1) is 13.1. The van der Waals surface area contributed by atoms with Gasteiger partial charge in [-0.15, -0.1) is 0 Å². The second-order valence-corrected chi connectivity index (χ2v) is 6.35. The third-order valence-electron chi connectivity index (χ3n) is 4.66. The Labute approximate surface area is 155 Å². The molecule has 1 amide bonds. The lowest BCUT2D eigenvalue weighted by Gasteiger charge is -2.36. The normalized spacial score (nSPS) is 14.6. The van der Waals surface area contributed by atoms with Gasteiger partial charge in [-0.25, -0.2) is 9.37 Å². The smallest absolute Gasteiger partial charge is 0.256 e. The standard InChI is InChI=1S/C18H19FN6O2/c1-12-9-16(25-18(22-12)20-11-21-25)23-5-7-24(8-6-23)17(26)14-4-3-13(27-2)10-15(14)19/h3-4,9-11H,5-8H2,1-2H3. The van der Waals surface area contributed by atoms with E-state index in [-0.39, 0.29) is 11.5 Å². The van der Waals surface area contributed by atoms with E-state index in [1.165, 1.54) is 25.6 Å². The highest BCUT2D eigenvalue weighted by Crippen LogP contribution is 2.21. The number of halogens is 1. The number of hydrogen-bond donors (Lipinski definition) is 0. The van der Waals surface area contributed by atoms with Crippen LogP contribution in [-0.2, 0) is 0 Å². The Bertz CT molecular complexity index is 997. The molecule has 1 saturated heterocycles. The topological polar surface area (TPSA) is 75.9 Å². The van der Waals surface area contributed by atoms with Crippen molar-refractivity contribution in [2.45, 2.75) is 6.92 Å². The van der Waals surface area contributed by atoms with Gasteiger partial charge in [-0.1, -0.05) is 0 Å². The van der Waals surface area contributed by atoms with Gasteiger partial charge >= 0.3 is 0 Å². The minimum Gasteiger partial charge on any atom is -0.497 e. The van der Waals surface area contributed by atoms with Crippen LogP contribution < -0.4 is 9.64 Å². The van der Waals surface area contributed by atoms with Crippen molar-refractivity contribution >= 4 is 17.5 Å². The molecule has 0 spiro atoms. The van der Waals surface area contributed by atoms with Crippen molar-refractivity contribution in [3.05, 3.63) is 47.7 Å². The lowest BCUT2D eigenvalue weighted by Crippen LogP contribution is -2.49. The first-order valence-electron chi connectivity index (χ1n) is 8.62. The second kappa shape index (κ2) is 6.82. The van der Waals surface area contributed by atoms with Crippen molar-refractivity contribution in [3.8, 4) is 5.75 Å². The zero-order chi connectivity index (χ0) is 19.0. The highest BCUT2D eigenvalue weighted by atomic mass is 19.1. The number of aryl methyl sites for hydroxylation is 1. The molecule has 8 nitrogen and oxygen atoms in total. The average molecular weight is 370 g/mol. The maximum Gasteiger partial charge on any atom is 0.256 e. The van der Waals surface area contributed by atoms with Crippen molar-refractivity contribution in [3.63, 3.8) is 0 Å². The fourth-order valence-electron chi connectivity index (χ4n) is 3.24. The van der Waals surface area contributed by atoms with Crippen molar-refractivity contribution in [1.29, 1.82) is 0 Å². The van der Waals surface area contributed by atoms with E-state index in [1.54, 1.807) is 15.5 Å². The summed E-state index contributed by atoms with van der Waals surface area (Å²) in [5.41, 5.74) is 0.909. The molecule has 0 unspecified atom stereocenters. The summed E-state index contributed by atoms with van der Waals surface area (Å²) in [4.78, 5) is 25.0. The largest absolute Gasteiger partial charge is 0.497 e. The molecule has 2 aromatic heterocycles. The molecule has 27 heavy (non-hydrogen) atoms. The van der Waals surface area contributed by atoms with Gasteiger partial charge in [0, 0.05) is 44.0 Å². The molecular weight excluding hydrogens is 351 g/mol. The van der Waals surface area contributed by atoms with Crippen LogP contribution in [0.25, 0.3) is 5.78 Å². The van der Waals surface area contributed by atoms with Crippen LogP contribution in [0, 0.1) is 12.7 Å². The molecule has 0 saturated carbocycles. The van der Waals surface area contributed by atoms with Crippen molar-refractivity contribution < 1.29 is 13.9 Å². The number of ether oxygens (including phenoxy) is 1. The molecule has 9 heteroatoms. The van der Waals surface area contributed by atoms with Crippen LogP contribution in [0.4, 0.5) is 10.2 Å². The summed E-state index contributed by atoms with van der Waals surface area (Å²) in [6.45, 7) is 4.11. The van der Waals surface area contributed by atoms with E-state index in [1.807, 2.05) is 13.0 Å². The lowest BCUT2D eigenvalue weighted by atomic mass is 10.1. The Balaban J connectivity index is 1.50. The van der Waals surface area contributed by atoms with Crippen molar-refractivity contribution in [1.82, 2.24) is 24.5 Å². The van der Waals surface area contributed by atoms with Gasteiger partial charge in [-0.05, 0) is 19.1 Å². The monoisotopic (exact) mass is 370 g/mol. The van der Waals surface area contributed by atoms with E-state index in [0.717, 1.165) is 11.5 Å². The third-order valence-corrected chi connectivity index (χ3v) is 4.66. The second-order valence-electron chi connectivity index (χ2n) is 6.35. The van der Waals surface area contributed by atoms with Gasteiger partial charge in [0.2, 0.25) is 0 Å². The fraction of sp³-hybridized carbons (Fsp3) is 0.333. The number of carbonyl (C=O) groups is 1. The van der Waals surface area contributed by atoms with Crippen molar-refractivity contribution in [2.75, 3.05) is 38.2 Å². The van der Waals surface area contributed by atoms with Crippen LogP contribution in [0.3, 0.4) is 0 Å². The number of rotatable bonds is 3. The molecular formula is C18H19FN6O2. The highest BCUT2D eigenvalue weighted by molar-refractivity contribution is 5.94. The van der Waals surface area contributed by atoms with Crippen LogP contribution in [0.1, 0.15) is 16.1 Å². The van der Waals surface area contributed by atoms with E-state index in [9.17, 15) is 9.18 Å². The maximum absolute atomic E-state index is 14.2. The fourth-order valence-corrected chi connectivity index (χ4v) is 3.24. The summed E-state index contributed by atoms with van der Waals surface area (Å²) in [5.74, 6) is 0.933. The molecule has 0 radical (unpaired) electrons. The molecule has 140 valence electrons. The first kappa shape index (κ1) is 17.2. The van der Waals surface area contributed by atoms with E-state index < -0.39 is 5.82 Å². The number of aromatic nitrogens is 4. The lowest BCUT2D eigenvalue weighted by molar-refractivity contribution is 0.0741. The molecule has 0 atom stereocenters. The van der Waals surface area contributed by atoms with E-state index in [0.29, 0.717) is 37.7 Å². The zero-order valence-electron chi connectivity index (χ0n) is 15.1. The molecule has 4 rings (SSSR count). The summed E-state index contributed by atoms with van der Waals surface area (Å²) in [6, 6.07) is 6.23. The quantitative estimate of drug-likeness (QED) is 0.696. The van der Waals surface area contributed by atoms with Crippen LogP contribution in [0.5, 0.6) is 5.75 Å². The van der Waals surface area contributed by atoms with Gasteiger partial charge in [-0.2, -0.15) is 14.6 Å². The number of benzene rings is 1. The number of carbonyl (C=O) groups excluding carboxylic acids is 1. The van der Waals surface area contributed by atoms with Crippen LogP contribution in [0.2, 0.25) is 0 Å². The van der Waals surface area contributed by atoms with Crippen LogP contribution in [-0.4, -0.2) is 63.7 Å². The molecule has 1 aromatic carbocycles. The SMILES string of the molecule is COc1ccc(C(=O)N2CCN(c3cc(C)nc4ncnn34)CC2)c(F)c1. The van der Waals surface area contributed by atoms with Gasteiger partial charge in [0.15, 0.2) is 0 Å². The Morgan fingerprint density at radius 1 is 1.19 bits per heavy atom. The number of amides is 1. The summed E-state index contributed by atoms with van der Waals surface area (Å²) in [6.07, 6.45) is 1.47. The van der Waals surface area contributed by atoms with Gasteiger partial charge < -0.3 is 14.5 Å². The molecule has 1 aliphatic heterocycles. The minimum atomic E-state index is -0.573. The van der Waals surface area contributed by atoms with Gasteiger partial charge in [0.25, 0.3) is 11.7 Å². The average Bonchev–Trinajstić information content (AvgIpc) is 3.15. The summed E-state index contributed by atoms with van der Waals surface area (Å²) in [5, 5.41) is 4.22. The third kappa shape index (κ3) is 3.16. The highest BCUT2D eigenvalue weighted by Gasteiger charge is 2.25. The van der Waals surface area contributed by atoms with E-state index >= 15 is 0 Å². The Morgan fingerprint density at radius 3 is 2.67 bits per heavy atom. The minimum absolute atomic E-state index is 0.0580. The number of piperazine rings is 1. The van der Waals surface area contributed by atoms with Gasteiger partial charge in [0.1, 0.15) is 23.7 Å². The molecule has 1 aliphatic rings. The van der Waals surface area contributed by atoms with E-state index in [2.05, 4.69) is 20.0 Å². The summed E-state index contributed by atoms with van der Waals surface area (Å²) >= 11 is 0. The maximum atomic E-state index is 14.2. The first-order valence-corrected chi connectivity index (χ1v) is 8.62. The number of hydrogen-bond acceptors (Lipinski definition) is 6. The van der Waals surface area contributed by atoms with E-state index in [4.69, 9.17) is 4.74 Å². The number of anilines is 1. The van der Waals surface area contributed by atoms with Crippen LogP contribution >= 0.6 is 0 Å². The number of nitrogens with zero attached hydrogens (tertiary/aromatic N) is 6. The predicted octanol–water partition coefficient (Wildman–Crippen LogP) is 1.54. The summed E-state index contributed by atoms with van der Waals surface area (Å²) in [7, 11) is 1.46. The number of fused-ring (bicyclic) bond motifs is 1. The Morgan fingerprint density at radius 2 is 1.96 bits per heavy atom. The van der Waals surface area contributed by atoms with Gasteiger partial charge in [0.05, 0.1) is 12.7 Å². The van der Waals surface area contributed by atoms with Crippen molar-refractivity contribution in [2.24, 2.45) is 0 Å². The zero-order valence-corrected chi connectivity index (χ0v) is 15.1. The molecule has 0 bridgehead atoms. The predicted molar refractivity (Wildman–Crippen MR) is 96.6 cm³/mol. The van der Waals surface area contributed by atoms with Gasteiger partial charge in [-0.3, -0.25) is 4.79 Å². The molecule has 1 fully saturated rings.